The molecule has 0 fully saturated rings. The van der Waals surface area contributed by atoms with Crippen LogP contribution in [0.5, 0.6) is 5.75 Å². The minimum atomic E-state index is -3.61. The molecule has 0 bridgehead atoms. The summed E-state index contributed by atoms with van der Waals surface area (Å²) in [6, 6.07) is 12.3. The van der Waals surface area contributed by atoms with Crippen LogP contribution in [-0.4, -0.2) is 25.5 Å². The average molecular weight is 331 g/mol. The lowest BCUT2D eigenvalue weighted by Crippen LogP contribution is -2.23. The standard InChI is InChI=1S/C16H17N3O3S/c1-11-9-12(7-8-15(11)22-2)23(20,21)17-10-16-18-13-5-3-4-6-14(13)19-16/h3-9,17H,10H2,1-2H3,(H,18,19). The molecule has 0 aliphatic rings. The van der Waals surface area contributed by atoms with E-state index in [0.717, 1.165) is 16.6 Å². The van der Waals surface area contributed by atoms with Crippen LogP contribution in [0.15, 0.2) is 47.4 Å². The molecular formula is C16H17N3O3S. The average Bonchev–Trinajstić information content (AvgIpc) is 2.96. The van der Waals surface area contributed by atoms with E-state index in [9.17, 15) is 8.42 Å². The lowest BCUT2D eigenvalue weighted by atomic mass is 10.2. The predicted molar refractivity (Wildman–Crippen MR) is 87.9 cm³/mol. The molecule has 1 aromatic heterocycles. The van der Waals surface area contributed by atoms with E-state index in [-0.39, 0.29) is 11.4 Å². The number of aryl methyl sites for hydroxylation is 1. The van der Waals surface area contributed by atoms with Crippen LogP contribution in [0.2, 0.25) is 0 Å². The minimum Gasteiger partial charge on any atom is -0.496 e. The first kappa shape index (κ1) is 15.5. The molecule has 0 aliphatic heterocycles. The highest BCUT2D eigenvalue weighted by atomic mass is 32.2. The highest BCUT2D eigenvalue weighted by Gasteiger charge is 2.16. The Morgan fingerprint density at radius 3 is 2.70 bits per heavy atom. The van der Waals surface area contributed by atoms with Crippen LogP contribution in [-0.2, 0) is 16.6 Å². The van der Waals surface area contributed by atoms with Crippen molar-refractivity contribution in [2.24, 2.45) is 0 Å². The third-order valence-corrected chi connectivity index (χ3v) is 4.94. The van der Waals surface area contributed by atoms with E-state index in [1.165, 1.54) is 6.07 Å². The first-order chi connectivity index (χ1) is 11.0. The van der Waals surface area contributed by atoms with Crippen molar-refractivity contribution >= 4 is 21.1 Å². The number of benzene rings is 2. The molecule has 0 unspecified atom stereocenters. The fraction of sp³-hybridized carbons (Fsp3) is 0.188. The molecule has 3 aromatic rings. The van der Waals surface area contributed by atoms with Crippen molar-refractivity contribution in [3.8, 4) is 5.75 Å². The number of para-hydroxylation sites is 2. The molecule has 6 nitrogen and oxygen atoms in total. The molecule has 0 atom stereocenters. The summed E-state index contributed by atoms with van der Waals surface area (Å²) < 4.78 is 32.5. The number of aromatic nitrogens is 2. The van der Waals surface area contributed by atoms with E-state index in [0.29, 0.717) is 11.6 Å². The monoisotopic (exact) mass is 331 g/mol. The van der Waals surface area contributed by atoms with Crippen LogP contribution >= 0.6 is 0 Å². The highest BCUT2D eigenvalue weighted by Crippen LogP contribution is 2.21. The van der Waals surface area contributed by atoms with Crippen molar-refractivity contribution in [3.63, 3.8) is 0 Å². The van der Waals surface area contributed by atoms with Crippen LogP contribution in [0, 0.1) is 6.92 Å². The van der Waals surface area contributed by atoms with Crippen molar-refractivity contribution in [2.75, 3.05) is 7.11 Å². The molecule has 2 aromatic carbocycles. The maximum absolute atomic E-state index is 12.4. The summed E-state index contributed by atoms with van der Waals surface area (Å²) in [7, 11) is -2.06. The molecule has 0 amide bonds. The quantitative estimate of drug-likeness (QED) is 0.752. The highest BCUT2D eigenvalue weighted by molar-refractivity contribution is 7.89. The number of ether oxygens (including phenoxy) is 1. The van der Waals surface area contributed by atoms with E-state index in [1.54, 1.807) is 26.2 Å². The lowest BCUT2D eigenvalue weighted by Gasteiger charge is -2.09. The molecule has 23 heavy (non-hydrogen) atoms. The van der Waals surface area contributed by atoms with Crippen LogP contribution in [0.25, 0.3) is 11.0 Å². The SMILES string of the molecule is COc1ccc(S(=O)(=O)NCc2nc3ccccc3[nH]2)cc1C. The van der Waals surface area contributed by atoms with Gasteiger partial charge in [-0.25, -0.2) is 18.1 Å². The molecule has 0 spiro atoms. The van der Waals surface area contributed by atoms with E-state index in [2.05, 4.69) is 14.7 Å². The Labute approximate surface area is 134 Å². The smallest absolute Gasteiger partial charge is 0.240 e. The van der Waals surface area contributed by atoms with Crippen molar-refractivity contribution < 1.29 is 13.2 Å². The number of hydrogen-bond donors (Lipinski definition) is 2. The first-order valence-corrected chi connectivity index (χ1v) is 8.56. The van der Waals surface area contributed by atoms with Gasteiger partial charge in [0.1, 0.15) is 11.6 Å². The van der Waals surface area contributed by atoms with Gasteiger partial charge in [-0.1, -0.05) is 12.1 Å². The predicted octanol–water partition coefficient (Wildman–Crippen LogP) is 2.36. The lowest BCUT2D eigenvalue weighted by molar-refractivity contribution is 0.411. The van der Waals surface area contributed by atoms with E-state index in [1.807, 2.05) is 24.3 Å². The second kappa shape index (κ2) is 6.02. The fourth-order valence-corrected chi connectivity index (χ4v) is 3.43. The molecule has 120 valence electrons. The molecule has 2 N–H and O–H groups in total. The molecular weight excluding hydrogens is 314 g/mol. The van der Waals surface area contributed by atoms with Gasteiger partial charge in [0.25, 0.3) is 0 Å². The van der Waals surface area contributed by atoms with Crippen LogP contribution in [0.4, 0.5) is 0 Å². The molecule has 0 saturated heterocycles. The van der Waals surface area contributed by atoms with Gasteiger partial charge in [0.05, 0.1) is 29.6 Å². The molecule has 7 heteroatoms. The third-order valence-electron chi connectivity index (χ3n) is 3.54. The fourth-order valence-electron chi connectivity index (χ4n) is 2.35. The van der Waals surface area contributed by atoms with Gasteiger partial charge in [-0.3, -0.25) is 0 Å². The summed E-state index contributed by atoms with van der Waals surface area (Å²) in [6.07, 6.45) is 0. The van der Waals surface area contributed by atoms with Gasteiger partial charge in [-0.15, -0.1) is 0 Å². The van der Waals surface area contributed by atoms with Gasteiger partial charge in [0.15, 0.2) is 0 Å². The third kappa shape index (κ3) is 3.20. The van der Waals surface area contributed by atoms with Crippen LogP contribution in [0.3, 0.4) is 0 Å². The maximum atomic E-state index is 12.4. The summed E-state index contributed by atoms with van der Waals surface area (Å²) in [4.78, 5) is 7.64. The van der Waals surface area contributed by atoms with Crippen molar-refractivity contribution in [3.05, 3.63) is 53.9 Å². The number of nitrogens with zero attached hydrogens (tertiary/aromatic N) is 1. The number of rotatable bonds is 5. The first-order valence-electron chi connectivity index (χ1n) is 7.07. The van der Waals surface area contributed by atoms with E-state index in [4.69, 9.17) is 4.74 Å². The molecule has 0 aliphatic carbocycles. The van der Waals surface area contributed by atoms with Crippen molar-refractivity contribution in [1.82, 2.24) is 14.7 Å². The van der Waals surface area contributed by atoms with Gasteiger partial charge in [-0.05, 0) is 42.8 Å². The zero-order chi connectivity index (χ0) is 16.4. The molecule has 0 radical (unpaired) electrons. The Hall–Kier alpha value is -2.38. The van der Waals surface area contributed by atoms with Crippen molar-refractivity contribution in [2.45, 2.75) is 18.4 Å². The second-order valence-electron chi connectivity index (χ2n) is 5.16. The van der Waals surface area contributed by atoms with E-state index >= 15 is 0 Å². The number of aromatic amines is 1. The van der Waals surface area contributed by atoms with Crippen LogP contribution < -0.4 is 9.46 Å². The van der Waals surface area contributed by atoms with Gasteiger partial charge < -0.3 is 9.72 Å². The summed E-state index contributed by atoms with van der Waals surface area (Å²) in [5, 5.41) is 0. The van der Waals surface area contributed by atoms with Crippen LogP contribution in [0.1, 0.15) is 11.4 Å². The van der Waals surface area contributed by atoms with Gasteiger partial charge >= 0.3 is 0 Å². The molecule has 0 saturated carbocycles. The van der Waals surface area contributed by atoms with E-state index < -0.39 is 10.0 Å². The Morgan fingerprint density at radius 1 is 1.22 bits per heavy atom. The summed E-state index contributed by atoms with van der Waals surface area (Å²) >= 11 is 0. The normalized spacial score (nSPS) is 11.7. The second-order valence-corrected chi connectivity index (χ2v) is 6.92. The Kier molecular flexibility index (Phi) is 4.06. The number of H-pyrrole nitrogens is 1. The maximum Gasteiger partial charge on any atom is 0.240 e. The van der Waals surface area contributed by atoms with Gasteiger partial charge in [0.2, 0.25) is 10.0 Å². The summed E-state index contributed by atoms with van der Waals surface area (Å²) in [5.74, 6) is 1.22. The largest absolute Gasteiger partial charge is 0.496 e. The number of fused-ring (bicyclic) bond motifs is 1. The number of nitrogens with one attached hydrogen (secondary N) is 2. The Morgan fingerprint density at radius 2 is 2.00 bits per heavy atom. The molecule has 1 heterocycles. The summed E-state index contributed by atoms with van der Waals surface area (Å²) in [5.41, 5.74) is 2.45. The topological polar surface area (TPSA) is 84.1 Å². The Balaban J connectivity index is 1.79. The molecule has 3 rings (SSSR count). The van der Waals surface area contributed by atoms with Gasteiger partial charge in [0, 0.05) is 0 Å². The minimum absolute atomic E-state index is 0.0993. The van der Waals surface area contributed by atoms with Crippen molar-refractivity contribution in [1.29, 1.82) is 0 Å². The number of imidazole rings is 1. The Bertz CT molecular complexity index is 915. The number of sulfonamides is 1. The zero-order valence-corrected chi connectivity index (χ0v) is 13.6. The zero-order valence-electron chi connectivity index (χ0n) is 12.8. The van der Waals surface area contributed by atoms with Gasteiger partial charge in [-0.2, -0.15) is 0 Å². The number of hydrogen-bond acceptors (Lipinski definition) is 4. The number of methoxy groups -OCH3 is 1. The summed E-state index contributed by atoms with van der Waals surface area (Å²) in [6.45, 7) is 1.90.